The van der Waals surface area contributed by atoms with Gasteiger partial charge in [-0.25, -0.2) is 0 Å². The number of hydrogen-bond donors (Lipinski definition) is 1. The van der Waals surface area contributed by atoms with Gasteiger partial charge in [-0.3, -0.25) is 4.79 Å². The van der Waals surface area contributed by atoms with Crippen LogP contribution in [-0.4, -0.2) is 38.2 Å². The van der Waals surface area contributed by atoms with Crippen LogP contribution in [0.4, 0.5) is 5.82 Å². The molecule has 3 aromatic rings. The fourth-order valence-corrected chi connectivity index (χ4v) is 3.16. The highest BCUT2D eigenvalue weighted by molar-refractivity contribution is 8.00. The van der Waals surface area contributed by atoms with Gasteiger partial charge < -0.3 is 19.1 Å². The van der Waals surface area contributed by atoms with Crippen LogP contribution in [-0.2, 0) is 11.8 Å². The Morgan fingerprint density at radius 2 is 2.12 bits per heavy atom. The lowest BCUT2D eigenvalue weighted by Gasteiger charge is -2.11. The number of carbonyl (C=O) groups is 1. The number of amides is 1. The van der Waals surface area contributed by atoms with Crippen molar-refractivity contribution in [1.29, 1.82) is 0 Å². The van der Waals surface area contributed by atoms with Gasteiger partial charge in [0.05, 0.1) is 17.9 Å². The van der Waals surface area contributed by atoms with Gasteiger partial charge in [0, 0.05) is 13.1 Å². The van der Waals surface area contributed by atoms with Crippen molar-refractivity contribution in [3.05, 3.63) is 36.1 Å². The summed E-state index contributed by atoms with van der Waals surface area (Å²) in [6.45, 7) is 3.56. The molecule has 1 atom stereocenters. The van der Waals surface area contributed by atoms with Crippen molar-refractivity contribution in [3.8, 4) is 17.1 Å². The number of nitrogens with one attached hydrogen (secondary N) is 1. The third-order valence-corrected chi connectivity index (χ3v) is 4.85. The number of aryl methyl sites for hydroxylation is 1. The molecule has 0 spiro atoms. The Labute approximate surface area is 154 Å². The van der Waals surface area contributed by atoms with Crippen LogP contribution in [0.15, 0.2) is 40.0 Å². The highest BCUT2D eigenvalue weighted by Crippen LogP contribution is 2.31. The van der Waals surface area contributed by atoms with E-state index in [1.165, 1.54) is 11.8 Å². The summed E-state index contributed by atoms with van der Waals surface area (Å²) in [5.41, 5.74) is 0.840. The predicted octanol–water partition coefficient (Wildman–Crippen LogP) is 2.91. The van der Waals surface area contributed by atoms with E-state index in [9.17, 15) is 4.79 Å². The van der Waals surface area contributed by atoms with Crippen LogP contribution < -0.4 is 10.1 Å². The number of ether oxygens (including phenoxy) is 1. The van der Waals surface area contributed by atoms with Crippen molar-refractivity contribution in [3.63, 3.8) is 0 Å². The number of rotatable bonds is 6. The van der Waals surface area contributed by atoms with E-state index in [2.05, 4.69) is 20.7 Å². The normalized spacial score (nSPS) is 12.0. The van der Waals surface area contributed by atoms with E-state index in [1.807, 2.05) is 35.9 Å². The van der Waals surface area contributed by atoms with Gasteiger partial charge in [0.15, 0.2) is 16.8 Å². The second-order valence-corrected chi connectivity index (χ2v) is 6.95. The maximum atomic E-state index is 12.3. The van der Waals surface area contributed by atoms with E-state index in [-0.39, 0.29) is 11.2 Å². The molecule has 0 aliphatic rings. The lowest BCUT2D eigenvalue weighted by atomic mass is 10.2. The zero-order valence-electron chi connectivity index (χ0n) is 14.9. The standard InChI is InChI=1S/C17H19N5O3S/c1-10-9-14(21-25-10)18-16(23)11(2)26-17-20-19-15(22(17)3)12-7-5-6-8-13(12)24-4/h5-9,11H,1-4H3,(H,18,21,23). The number of anilines is 1. The summed E-state index contributed by atoms with van der Waals surface area (Å²) in [4.78, 5) is 12.3. The molecule has 0 fully saturated rings. The zero-order valence-corrected chi connectivity index (χ0v) is 15.7. The maximum Gasteiger partial charge on any atom is 0.238 e. The molecule has 2 aromatic heterocycles. The summed E-state index contributed by atoms with van der Waals surface area (Å²) in [6, 6.07) is 9.26. The first-order valence-electron chi connectivity index (χ1n) is 7.93. The molecule has 3 rings (SSSR count). The predicted molar refractivity (Wildman–Crippen MR) is 98.2 cm³/mol. The van der Waals surface area contributed by atoms with Crippen molar-refractivity contribution in [2.45, 2.75) is 24.3 Å². The topological polar surface area (TPSA) is 95.1 Å². The molecule has 0 bridgehead atoms. The second-order valence-electron chi connectivity index (χ2n) is 5.64. The Hall–Kier alpha value is -2.81. The molecular weight excluding hydrogens is 354 g/mol. The number of aromatic nitrogens is 4. The molecule has 1 aromatic carbocycles. The molecule has 26 heavy (non-hydrogen) atoms. The van der Waals surface area contributed by atoms with Gasteiger partial charge in [-0.1, -0.05) is 29.1 Å². The van der Waals surface area contributed by atoms with Crippen LogP contribution in [0, 0.1) is 6.92 Å². The summed E-state index contributed by atoms with van der Waals surface area (Å²) < 4.78 is 12.2. The van der Waals surface area contributed by atoms with Gasteiger partial charge in [0.1, 0.15) is 11.5 Å². The molecule has 1 unspecified atom stereocenters. The van der Waals surface area contributed by atoms with E-state index in [1.54, 1.807) is 27.0 Å². The fraction of sp³-hybridized carbons (Fsp3) is 0.294. The van der Waals surface area contributed by atoms with Crippen LogP contribution in [0.5, 0.6) is 5.75 Å². The van der Waals surface area contributed by atoms with Gasteiger partial charge in [-0.15, -0.1) is 10.2 Å². The molecule has 1 N–H and O–H groups in total. The minimum absolute atomic E-state index is 0.190. The van der Waals surface area contributed by atoms with Crippen LogP contribution in [0.25, 0.3) is 11.4 Å². The largest absolute Gasteiger partial charge is 0.496 e. The Morgan fingerprint density at radius 1 is 1.35 bits per heavy atom. The van der Waals surface area contributed by atoms with Crippen molar-refractivity contribution < 1.29 is 14.1 Å². The lowest BCUT2D eigenvalue weighted by molar-refractivity contribution is -0.115. The van der Waals surface area contributed by atoms with Gasteiger partial charge >= 0.3 is 0 Å². The molecule has 0 saturated carbocycles. The molecule has 0 radical (unpaired) electrons. The highest BCUT2D eigenvalue weighted by Gasteiger charge is 2.21. The molecule has 0 aliphatic carbocycles. The number of methoxy groups -OCH3 is 1. The minimum atomic E-state index is -0.388. The van der Waals surface area contributed by atoms with Crippen LogP contribution in [0.2, 0.25) is 0 Å². The average Bonchev–Trinajstić information content (AvgIpc) is 3.20. The Morgan fingerprint density at radius 3 is 2.81 bits per heavy atom. The van der Waals surface area contributed by atoms with Crippen LogP contribution in [0.1, 0.15) is 12.7 Å². The number of carbonyl (C=O) groups excluding carboxylic acids is 1. The Balaban J connectivity index is 1.74. The average molecular weight is 373 g/mol. The van der Waals surface area contributed by atoms with E-state index >= 15 is 0 Å². The summed E-state index contributed by atoms with van der Waals surface area (Å²) in [6.07, 6.45) is 0. The summed E-state index contributed by atoms with van der Waals surface area (Å²) in [5, 5.41) is 15.2. The highest BCUT2D eigenvalue weighted by atomic mass is 32.2. The third kappa shape index (κ3) is 3.72. The molecule has 0 saturated heterocycles. The number of para-hydroxylation sites is 1. The molecule has 2 heterocycles. The SMILES string of the molecule is COc1ccccc1-c1nnc(SC(C)C(=O)Nc2cc(C)on2)n1C. The number of nitrogens with zero attached hydrogens (tertiary/aromatic N) is 4. The monoisotopic (exact) mass is 373 g/mol. The number of benzene rings is 1. The van der Waals surface area contributed by atoms with E-state index in [0.717, 1.165) is 5.56 Å². The molecule has 9 heteroatoms. The van der Waals surface area contributed by atoms with E-state index in [0.29, 0.717) is 28.3 Å². The quantitative estimate of drug-likeness (QED) is 0.664. The lowest BCUT2D eigenvalue weighted by Crippen LogP contribution is -2.23. The first-order chi connectivity index (χ1) is 12.5. The van der Waals surface area contributed by atoms with Crippen molar-refractivity contribution in [2.24, 2.45) is 7.05 Å². The molecule has 1 amide bonds. The zero-order chi connectivity index (χ0) is 18.7. The second kappa shape index (κ2) is 7.61. The van der Waals surface area contributed by atoms with E-state index < -0.39 is 0 Å². The minimum Gasteiger partial charge on any atom is -0.496 e. The Kier molecular flexibility index (Phi) is 5.27. The van der Waals surface area contributed by atoms with Crippen LogP contribution >= 0.6 is 11.8 Å². The smallest absolute Gasteiger partial charge is 0.238 e. The first-order valence-corrected chi connectivity index (χ1v) is 8.81. The van der Waals surface area contributed by atoms with Gasteiger partial charge in [0.2, 0.25) is 5.91 Å². The fourth-order valence-electron chi connectivity index (χ4n) is 2.35. The van der Waals surface area contributed by atoms with Gasteiger partial charge in [-0.05, 0) is 26.0 Å². The maximum absolute atomic E-state index is 12.3. The summed E-state index contributed by atoms with van der Waals surface area (Å²) in [7, 11) is 3.47. The number of thioether (sulfide) groups is 1. The Bertz CT molecular complexity index is 921. The van der Waals surface area contributed by atoms with Crippen LogP contribution in [0.3, 0.4) is 0 Å². The van der Waals surface area contributed by atoms with Crippen molar-refractivity contribution in [2.75, 3.05) is 12.4 Å². The van der Waals surface area contributed by atoms with Crippen molar-refractivity contribution >= 4 is 23.5 Å². The van der Waals surface area contributed by atoms with E-state index in [4.69, 9.17) is 9.26 Å². The molecule has 8 nitrogen and oxygen atoms in total. The summed E-state index contributed by atoms with van der Waals surface area (Å²) in [5.74, 6) is 2.23. The number of hydrogen-bond acceptors (Lipinski definition) is 7. The first kappa shape index (κ1) is 18.0. The van der Waals surface area contributed by atoms with Gasteiger partial charge in [0.25, 0.3) is 0 Å². The molecule has 0 aliphatic heterocycles. The third-order valence-electron chi connectivity index (χ3n) is 3.71. The van der Waals surface area contributed by atoms with Crippen molar-refractivity contribution in [1.82, 2.24) is 19.9 Å². The van der Waals surface area contributed by atoms with Gasteiger partial charge in [-0.2, -0.15) is 0 Å². The molecular formula is C17H19N5O3S. The molecule has 136 valence electrons. The summed E-state index contributed by atoms with van der Waals surface area (Å²) >= 11 is 1.31.